The van der Waals surface area contributed by atoms with Crippen LogP contribution in [-0.4, -0.2) is 16.9 Å². The molecule has 1 atom stereocenters. The van der Waals surface area contributed by atoms with E-state index in [4.69, 9.17) is 15.9 Å². The van der Waals surface area contributed by atoms with Gasteiger partial charge in [0.2, 0.25) is 0 Å². The number of hydrogen-bond donors (Lipinski definition) is 3. The summed E-state index contributed by atoms with van der Waals surface area (Å²) < 4.78 is 12.0. The molecule has 0 bridgehead atoms. The number of phenolic OH excluding ortho intramolecular Hbond substituents is 2. The van der Waals surface area contributed by atoms with Gasteiger partial charge in [-0.25, -0.2) is 4.39 Å². The molecule has 0 aliphatic carbocycles. The zero-order valence-electron chi connectivity index (χ0n) is 6.77. The van der Waals surface area contributed by atoms with Gasteiger partial charge in [0.1, 0.15) is 6.67 Å². The van der Waals surface area contributed by atoms with Crippen LogP contribution in [0.15, 0.2) is 18.2 Å². The van der Waals surface area contributed by atoms with Crippen molar-refractivity contribution in [2.45, 2.75) is 6.04 Å². The minimum absolute atomic E-state index is 0. The van der Waals surface area contributed by atoms with Crippen molar-refractivity contribution in [2.24, 2.45) is 5.73 Å². The van der Waals surface area contributed by atoms with Crippen molar-refractivity contribution < 1.29 is 14.6 Å². The Balaban J connectivity index is 0.00000144. The SMILES string of the molecule is Cl.N[C@@H](CF)c1ccc(O)c(O)c1. The molecule has 1 aromatic carbocycles. The molecule has 3 nitrogen and oxygen atoms in total. The Morgan fingerprint density at radius 2 is 1.92 bits per heavy atom. The lowest BCUT2D eigenvalue weighted by Crippen LogP contribution is -2.11. The highest BCUT2D eigenvalue weighted by atomic mass is 35.5. The summed E-state index contributed by atoms with van der Waals surface area (Å²) in [6.07, 6.45) is 0. The zero-order valence-corrected chi connectivity index (χ0v) is 7.59. The molecule has 1 aromatic rings. The molecule has 0 saturated carbocycles. The van der Waals surface area contributed by atoms with E-state index in [9.17, 15) is 4.39 Å². The molecule has 0 unspecified atom stereocenters. The van der Waals surface area contributed by atoms with Crippen molar-refractivity contribution in [1.29, 1.82) is 0 Å². The number of rotatable bonds is 2. The van der Waals surface area contributed by atoms with Crippen molar-refractivity contribution in [3.8, 4) is 11.5 Å². The van der Waals surface area contributed by atoms with Gasteiger partial charge in [-0.05, 0) is 17.7 Å². The predicted octanol–water partition coefficient (Wildman–Crippen LogP) is 1.49. The number of aromatic hydroxyl groups is 2. The van der Waals surface area contributed by atoms with Crippen molar-refractivity contribution in [2.75, 3.05) is 6.67 Å². The molecule has 13 heavy (non-hydrogen) atoms. The number of phenols is 2. The lowest BCUT2D eigenvalue weighted by atomic mass is 10.1. The van der Waals surface area contributed by atoms with Crippen LogP contribution < -0.4 is 5.73 Å². The molecule has 0 amide bonds. The van der Waals surface area contributed by atoms with E-state index in [0.29, 0.717) is 5.56 Å². The lowest BCUT2D eigenvalue weighted by molar-refractivity contribution is 0.399. The van der Waals surface area contributed by atoms with E-state index in [1.807, 2.05) is 0 Å². The van der Waals surface area contributed by atoms with Gasteiger partial charge in [0.05, 0.1) is 6.04 Å². The van der Waals surface area contributed by atoms with Crippen molar-refractivity contribution >= 4 is 12.4 Å². The molecule has 0 fully saturated rings. The molecule has 0 spiro atoms. The minimum Gasteiger partial charge on any atom is -0.504 e. The van der Waals surface area contributed by atoms with E-state index < -0.39 is 12.7 Å². The summed E-state index contributed by atoms with van der Waals surface area (Å²) in [5, 5.41) is 17.9. The molecule has 0 aromatic heterocycles. The van der Waals surface area contributed by atoms with Gasteiger partial charge in [0, 0.05) is 0 Å². The summed E-state index contributed by atoms with van der Waals surface area (Å²) in [7, 11) is 0. The number of nitrogens with two attached hydrogens (primary N) is 1. The second-order valence-corrected chi connectivity index (χ2v) is 2.51. The van der Waals surface area contributed by atoms with Crippen LogP contribution in [0.25, 0.3) is 0 Å². The van der Waals surface area contributed by atoms with Crippen molar-refractivity contribution in [3.05, 3.63) is 23.8 Å². The van der Waals surface area contributed by atoms with E-state index in [0.717, 1.165) is 0 Å². The number of hydrogen-bond acceptors (Lipinski definition) is 3. The summed E-state index contributed by atoms with van der Waals surface area (Å²) in [6, 6.07) is 3.26. The van der Waals surface area contributed by atoms with Crippen molar-refractivity contribution in [1.82, 2.24) is 0 Å². The Kier molecular flexibility index (Phi) is 4.51. The van der Waals surface area contributed by atoms with E-state index in [1.54, 1.807) is 0 Å². The third-order valence-corrected chi connectivity index (χ3v) is 1.59. The second-order valence-electron chi connectivity index (χ2n) is 2.51. The molecular formula is C8H11ClFNO2. The van der Waals surface area contributed by atoms with Crippen LogP contribution in [0.1, 0.15) is 11.6 Å². The van der Waals surface area contributed by atoms with Crippen LogP contribution in [0, 0.1) is 0 Å². The Morgan fingerprint density at radius 1 is 1.31 bits per heavy atom. The molecule has 74 valence electrons. The molecule has 1 rings (SSSR count). The Hall–Kier alpha value is -1.00. The van der Waals surface area contributed by atoms with Crippen LogP contribution in [-0.2, 0) is 0 Å². The largest absolute Gasteiger partial charge is 0.504 e. The summed E-state index contributed by atoms with van der Waals surface area (Å²) in [6.45, 7) is -0.690. The third kappa shape index (κ3) is 2.75. The molecule has 0 saturated heterocycles. The molecule has 0 aliphatic rings. The Morgan fingerprint density at radius 3 is 2.38 bits per heavy atom. The Labute approximate surface area is 81.4 Å². The summed E-state index contributed by atoms with van der Waals surface area (Å²) in [5.74, 6) is -0.513. The maximum atomic E-state index is 12.0. The highest BCUT2D eigenvalue weighted by Crippen LogP contribution is 2.26. The average molecular weight is 208 g/mol. The van der Waals surface area contributed by atoms with Gasteiger partial charge in [0.15, 0.2) is 11.5 Å². The van der Waals surface area contributed by atoms with Gasteiger partial charge in [-0.2, -0.15) is 0 Å². The second kappa shape index (κ2) is 4.89. The first-order valence-electron chi connectivity index (χ1n) is 3.48. The van der Waals surface area contributed by atoms with Gasteiger partial charge in [-0.15, -0.1) is 12.4 Å². The first kappa shape index (κ1) is 12.0. The molecule has 0 radical (unpaired) electrons. The molecule has 5 heteroatoms. The maximum absolute atomic E-state index is 12.0. The van der Waals surface area contributed by atoms with E-state index in [2.05, 4.69) is 0 Å². The number of halogens is 2. The first-order chi connectivity index (χ1) is 5.65. The maximum Gasteiger partial charge on any atom is 0.157 e. The van der Waals surface area contributed by atoms with Crippen LogP contribution in [0.3, 0.4) is 0 Å². The molecule has 4 N–H and O–H groups in total. The highest BCUT2D eigenvalue weighted by Gasteiger charge is 2.07. The quantitative estimate of drug-likeness (QED) is 0.644. The lowest BCUT2D eigenvalue weighted by Gasteiger charge is -2.07. The van der Waals surface area contributed by atoms with Crippen LogP contribution >= 0.6 is 12.4 Å². The fourth-order valence-electron chi connectivity index (χ4n) is 0.860. The van der Waals surface area contributed by atoms with E-state index in [1.165, 1.54) is 18.2 Å². The van der Waals surface area contributed by atoms with Crippen LogP contribution in [0.2, 0.25) is 0 Å². The molecule has 0 heterocycles. The monoisotopic (exact) mass is 207 g/mol. The normalized spacial score (nSPS) is 11.8. The van der Waals surface area contributed by atoms with E-state index >= 15 is 0 Å². The highest BCUT2D eigenvalue weighted by molar-refractivity contribution is 5.85. The van der Waals surface area contributed by atoms with Gasteiger partial charge >= 0.3 is 0 Å². The predicted molar refractivity (Wildman–Crippen MR) is 49.9 cm³/mol. The van der Waals surface area contributed by atoms with Crippen molar-refractivity contribution in [3.63, 3.8) is 0 Å². The smallest absolute Gasteiger partial charge is 0.157 e. The average Bonchev–Trinajstić information content (AvgIpc) is 2.08. The number of alkyl halides is 1. The zero-order chi connectivity index (χ0) is 9.14. The summed E-state index contributed by atoms with van der Waals surface area (Å²) in [4.78, 5) is 0. The topological polar surface area (TPSA) is 66.5 Å². The molecule has 0 aliphatic heterocycles. The molecular weight excluding hydrogens is 197 g/mol. The minimum atomic E-state index is -0.739. The van der Waals surface area contributed by atoms with Gasteiger partial charge < -0.3 is 15.9 Å². The number of benzene rings is 1. The standard InChI is InChI=1S/C8H10FNO2.ClH/c9-4-6(10)5-1-2-7(11)8(12)3-5;/h1-3,6,11-12H,4,10H2;1H/t6-;/m0./s1. The first-order valence-corrected chi connectivity index (χ1v) is 3.48. The van der Waals surface area contributed by atoms with Crippen LogP contribution in [0.4, 0.5) is 4.39 Å². The fraction of sp³-hybridized carbons (Fsp3) is 0.250. The van der Waals surface area contributed by atoms with E-state index in [-0.39, 0.29) is 23.9 Å². The van der Waals surface area contributed by atoms with Crippen LogP contribution in [0.5, 0.6) is 11.5 Å². The van der Waals surface area contributed by atoms with Gasteiger partial charge in [-0.1, -0.05) is 6.07 Å². The summed E-state index contributed by atoms with van der Waals surface area (Å²) in [5.41, 5.74) is 5.81. The Bertz CT molecular complexity index is 283. The van der Waals surface area contributed by atoms with Gasteiger partial charge in [0.25, 0.3) is 0 Å². The fourth-order valence-corrected chi connectivity index (χ4v) is 0.860. The van der Waals surface area contributed by atoms with Gasteiger partial charge in [-0.3, -0.25) is 0 Å². The third-order valence-electron chi connectivity index (χ3n) is 1.59. The summed E-state index contributed by atoms with van der Waals surface area (Å²) >= 11 is 0.